The van der Waals surface area contributed by atoms with Gasteiger partial charge in [-0.15, -0.1) is 0 Å². The first-order valence-electron chi connectivity index (χ1n) is 9.98. The Labute approximate surface area is 180 Å². The van der Waals surface area contributed by atoms with Gasteiger partial charge in [0.2, 0.25) is 11.8 Å². The van der Waals surface area contributed by atoms with Crippen LogP contribution in [0.4, 0.5) is 5.69 Å². The molecule has 0 aliphatic rings. The van der Waals surface area contributed by atoms with Gasteiger partial charge in [-0.25, -0.2) is 0 Å². The lowest BCUT2D eigenvalue weighted by Gasteiger charge is -2.11. The summed E-state index contributed by atoms with van der Waals surface area (Å²) in [7, 11) is 0. The molecule has 3 aromatic rings. The van der Waals surface area contributed by atoms with Crippen molar-refractivity contribution >= 4 is 34.2 Å². The zero-order valence-corrected chi connectivity index (χ0v) is 17.5. The normalized spacial score (nSPS) is 10.4. The molecule has 3 amide bonds. The molecule has 0 saturated carbocycles. The van der Waals surface area contributed by atoms with Crippen molar-refractivity contribution < 1.29 is 19.1 Å². The number of nitrogens with one attached hydrogen (secondary N) is 3. The second kappa shape index (κ2) is 10.2. The number of rotatable bonds is 7. The summed E-state index contributed by atoms with van der Waals surface area (Å²) in [5.41, 5.74) is 7.30. The number of anilines is 1. The first-order valence-corrected chi connectivity index (χ1v) is 9.98. The smallest absolute Gasteiger partial charge is 0.276 e. The number of amides is 3. The van der Waals surface area contributed by atoms with Crippen molar-refractivity contribution in [3.05, 3.63) is 71.8 Å². The summed E-state index contributed by atoms with van der Waals surface area (Å²) in [6, 6.07) is 19.0. The van der Waals surface area contributed by atoms with E-state index in [0.717, 1.165) is 27.6 Å². The highest BCUT2D eigenvalue weighted by atomic mass is 16.5. The Morgan fingerprint density at radius 1 is 0.806 bits per heavy atom. The molecular formula is C24H25N3O4. The molecule has 7 nitrogen and oxygen atoms in total. The fourth-order valence-electron chi connectivity index (χ4n) is 3.01. The molecule has 0 spiro atoms. The zero-order chi connectivity index (χ0) is 22.2. The van der Waals surface area contributed by atoms with E-state index in [2.05, 4.69) is 16.2 Å². The van der Waals surface area contributed by atoms with E-state index >= 15 is 0 Å². The molecule has 0 unspecified atom stereocenters. The molecule has 0 saturated heterocycles. The summed E-state index contributed by atoms with van der Waals surface area (Å²) in [5.74, 6) is -0.645. The van der Waals surface area contributed by atoms with Crippen molar-refractivity contribution in [1.82, 2.24) is 10.9 Å². The van der Waals surface area contributed by atoms with Crippen molar-refractivity contribution in [1.29, 1.82) is 0 Å². The number of carbonyl (C=O) groups excluding carboxylic acids is 3. The zero-order valence-electron chi connectivity index (χ0n) is 17.5. The van der Waals surface area contributed by atoms with Gasteiger partial charge in [-0.1, -0.05) is 48.5 Å². The Hall–Kier alpha value is -3.87. The largest absolute Gasteiger partial charge is 0.483 e. The van der Waals surface area contributed by atoms with E-state index in [1.165, 1.54) is 0 Å². The Morgan fingerprint density at radius 2 is 1.52 bits per heavy atom. The van der Waals surface area contributed by atoms with Crippen LogP contribution in [0, 0.1) is 13.8 Å². The average Bonchev–Trinajstić information content (AvgIpc) is 2.77. The summed E-state index contributed by atoms with van der Waals surface area (Å²) in [4.78, 5) is 36.0. The molecule has 0 radical (unpaired) electrons. The van der Waals surface area contributed by atoms with E-state index < -0.39 is 11.8 Å². The molecule has 7 heteroatoms. The highest BCUT2D eigenvalue weighted by Gasteiger charge is 2.11. The molecule has 0 aliphatic heterocycles. The highest BCUT2D eigenvalue weighted by Crippen LogP contribution is 2.24. The van der Waals surface area contributed by atoms with Gasteiger partial charge in [0.15, 0.2) is 6.61 Å². The van der Waals surface area contributed by atoms with Crippen LogP contribution in [0.5, 0.6) is 5.75 Å². The number of carbonyl (C=O) groups is 3. The number of hydrazine groups is 1. The van der Waals surface area contributed by atoms with Gasteiger partial charge in [0, 0.05) is 23.9 Å². The van der Waals surface area contributed by atoms with Gasteiger partial charge in [0.1, 0.15) is 5.75 Å². The van der Waals surface area contributed by atoms with Gasteiger partial charge in [-0.05, 0) is 42.5 Å². The summed E-state index contributed by atoms with van der Waals surface area (Å²) in [6.45, 7) is 3.59. The third-order valence-electron chi connectivity index (χ3n) is 4.70. The number of hydrogen-bond donors (Lipinski definition) is 3. The van der Waals surface area contributed by atoms with Gasteiger partial charge in [0.25, 0.3) is 5.91 Å². The molecule has 160 valence electrons. The van der Waals surface area contributed by atoms with Crippen LogP contribution in [-0.2, 0) is 14.4 Å². The number of aryl methyl sites for hydroxylation is 2. The maximum absolute atomic E-state index is 12.1. The molecule has 0 atom stereocenters. The van der Waals surface area contributed by atoms with Crippen LogP contribution >= 0.6 is 0 Å². The van der Waals surface area contributed by atoms with E-state index in [0.29, 0.717) is 5.75 Å². The van der Waals surface area contributed by atoms with Crippen molar-refractivity contribution in [2.45, 2.75) is 26.7 Å². The van der Waals surface area contributed by atoms with E-state index in [-0.39, 0.29) is 25.4 Å². The van der Waals surface area contributed by atoms with Gasteiger partial charge in [-0.3, -0.25) is 25.2 Å². The van der Waals surface area contributed by atoms with Gasteiger partial charge < -0.3 is 10.1 Å². The van der Waals surface area contributed by atoms with E-state index in [1.54, 1.807) is 6.07 Å². The highest BCUT2D eigenvalue weighted by molar-refractivity contribution is 5.94. The Balaban J connectivity index is 1.39. The third kappa shape index (κ3) is 6.30. The lowest BCUT2D eigenvalue weighted by atomic mass is 10.1. The number of benzene rings is 3. The molecule has 0 aliphatic carbocycles. The molecule has 3 rings (SSSR count). The Morgan fingerprint density at radius 3 is 2.35 bits per heavy atom. The second-order valence-electron chi connectivity index (χ2n) is 7.23. The molecule has 3 N–H and O–H groups in total. The van der Waals surface area contributed by atoms with Crippen LogP contribution in [0.25, 0.3) is 10.8 Å². The van der Waals surface area contributed by atoms with Crippen molar-refractivity contribution in [3.8, 4) is 5.75 Å². The molecule has 0 fully saturated rings. The van der Waals surface area contributed by atoms with Crippen LogP contribution in [0.15, 0.2) is 60.7 Å². The lowest BCUT2D eigenvalue weighted by Crippen LogP contribution is -2.44. The number of ether oxygens (including phenoxy) is 1. The summed E-state index contributed by atoms with van der Waals surface area (Å²) in [6.07, 6.45) is -0.0528. The number of hydrogen-bond acceptors (Lipinski definition) is 4. The van der Waals surface area contributed by atoms with Gasteiger partial charge in [-0.2, -0.15) is 0 Å². The standard InChI is InChI=1S/C24H25N3O4/c1-16-10-11-17(2)20(14-16)25-22(28)12-13-23(29)26-27-24(30)15-31-21-9-5-7-18-6-3-4-8-19(18)21/h3-11,14H,12-13,15H2,1-2H3,(H,25,28)(H,26,29)(H,27,30). The van der Waals surface area contributed by atoms with E-state index in [9.17, 15) is 14.4 Å². The Kier molecular flexibility index (Phi) is 7.22. The van der Waals surface area contributed by atoms with Crippen molar-refractivity contribution in [3.63, 3.8) is 0 Å². The first-order chi connectivity index (χ1) is 14.9. The SMILES string of the molecule is Cc1ccc(C)c(NC(=O)CCC(=O)NNC(=O)COc2cccc3ccccc23)c1. The van der Waals surface area contributed by atoms with Crippen LogP contribution in [0.2, 0.25) is 0 Å². The predicted octanol–water partition coefficient (Wildman–Crippen LogP) is 3.40. The minimum Gasteiger partial charge on any atom is -0.483 e. The third-order valence-corrected chi connectivity index (χ3v) is 4.70. The summed E-state index contributed by atoms with van der Waals surface area (Å²) >= 11 is 0. The van der Waals surface area contributed by atoms with Crippen LogP contribution < -0.4 is 20.9 Å². The van der Waals surface area contributed by atoms with E-state index in [4.69, 9.17) is 4.74 Å². The molecule has 31 heavy (non-hydrogen) atoms. The maximum Gasteiger partial charge on any atom is 0.276 e. The van der Waals surface area contributed by atoms with Gasteiger partial charge in [0.05, 0.1) is 0 Å². The lowest BCUT2D eigenvalue weighted by molar-refractivity contribution is -0.130. The van der Waals surface area contributed by atoms with Crippen LogP contribution in [-0.4, -0.2) is 24.3 Å². The molecular weight excluding hydrogens is 394 g/mol. The summed E-state index contributed by atoms with van der Waals surface area (Å²) in [5, 5.41) is 4.71. The second-order valence-corrected chi connectivity index (χ2v) is 7.23. The molecule has 3 aromatic carbocycles. The van der Waals surface area contributed by atoms with E-state index in [1.807, 2.05) is 68.4 Å². The fourth-order valence-corrected chi connectivity index (χ4v) is 3.01. The number of fused-ring (bicyclic) bond motifs is 1. The van der Waals surface area contributed by atoms with Crippen molar-refractivity contribution in [2.75, 3.05) is 11.9 Å². The van der Waals surface area contributed by atoms with Crippen LogP contribution in [0.1, 0.15) is 24.0 Å². The fraction of sp³-hybridized carbons (Fsp3) is 0.208. The minimum atomic E-state index is -0.499. The topological polar surface area (TPSA) is 96.5 Å². The van der Waals surface area contributed by atoms with Gasteiger partial charge >= 0.3 is 0 Å². The molecule has 0 bridgehead atoms. The monoisotopic (exact) mass is 419 g/mol. The minimum absolute atomic E-state index is 0.00158. The van der Waals surface area contributed by atoms with Crippen LogP contribution in [0.3, 0.4) is 0 Å². The van der Waals surface area contributed by atoms with Crippen molar-refractivity contribution in [2.24, 2.45) is 0 Å². The maximum atomic E-state index is 12.1. The Bertz CT molecular complexity index is 1110. The average molecular weight is 419 g/mol. The molecule has 0 aromatic heterocycles. The quantitative estimate of drug-likeness (QED) is 0.512. The summed E-state index contributed by atoms with van der Waals surface area (Å²) < 4.78 is 5.57. The predicted molar refractivity (Wildman–Crippen MR) is 120 cm³/mol. The molecule has 0 heterocycles. The first kappa shape index (κ1) is 21.8.